The van der Waals surface area contributed by atoms with Crippen LogP contribution in [0.2, 0.25) is 0 Å². The highest BCUT2D eigenvalue weighted by atomic mass is 16.4. The molecule has 2 N–H and O–H groups in total. The van der Waals surface area contributed by atoms with Crippen LogP contribution < -0.4 is 5.73 Å². The minimum atomic E-state index is 0.356. The zero-order chi connectivity index (χ0) is 12.1. The van der Waals surface area contributed by atoms with Crippen molar-refractivity contribution in [1.29, 1.82) is 0 Å². The van der Waals surface area contributed by atoms with Gasteiger partial charge in [0.25, 0.3) is 0 Å². The summed E-state index contributed by atoms with van der Waals surface area (Å²) in [6.45, 7) is 0.356. The highest BCUT2D eigenvalue weighted by Gasteiger charge is 2.48. The molecular weight excluding hydrogens is 226 g/mol. The molecule has 0 amide bonds. The average Bonchev–Trinajstić information content (AvgIpc) is 2.80. The highest BCUT2D eigenvalue weighted by molar-refractivity contribution is 5.00. The van der Waals surface area contributed by atoms with E-state index in [1.165, 1.54) is 32.1 Å². The van der Waals surface area contributed by atoms with Crippen molar-refractivity contribution in [3.8, 4) is 0 Å². The minimum absolute atomic E-state index is 0.356. The Hall–Kier alpha value is -0.900. The number of rotatable bonds is 3. The molecule has 0 radical (unpaired) electrons. The first-order valence-corrected chi connectivity index (χ1v) is 7.33. The summed E-state index contributed by atoms with van der Waals surface area (Å²) in [5.74, 6) is 6.10. The molecule has 0 unspecified atom stereocenters. The second kappa shape index (κ2) is 4.05. The van der Waals surface area contributed by atoms with Gasteiger partial charge in [0.15, 0.2) is 0 Å². The number of nitrogens with zero attached hydrogens (tertiary/aromatic N) is 2. The van der Waals surface area contributed by atoms with E-state index < -0.39 is 0 Å². The van der Waals surface area contributed by atoms with Gasteiger partial charge in [-0.1, -0.05) is 0 Å². The molecule has 98 valence electrons. The summed E-state index contributed by atoms with van der Waals surface area (Å²) in [5.41, 5.74) is 5.52. The zero-order valence-electron chi connectivity index (χ0n) is 10.7. The van der Waals surface area contributed by atoms with E-state index in [9.17, 15) is 0 Å². The van der Waals surface area contributed by atoms with Crippen molar-refractivity contribution in [3.05, 3.63) is 11.8 Å². The van der Waals surface area contributed by atoms with Gasteiger partial charge in [0.2, 0.25) is 11.8 Å². The SMILES string of the molecule is NCc1nnc(CC2C3CC4CC(C3)CC2C4)o1. The Morgan fingerprint density at radius 3 is 2.11 bits per heavy atom. The van der Waals surface area contributed by atoms with E-state index in [-0.39, 0.29) is 0 Å². The standard InChI is InChI=1S/C14H21N3O/c15-7-14-17-16-13(18-14)6-12-10-2-8-1-9(4-10)5-11(12)3-8/h8-12H,1-7,15H2. The van der Waals surface area contributed by atoms with Crippen LogP contribution in [0, 0.1) is 29.6 Å². The van der Waals surface area contributed by atoms with E-state index in [1.807, 2.05) is 0 Å². The molecule has 1 heterocycles. The van der Waals surface area contributed by atoms with Gasteiger partial charge in [-0.25, -0.2) is 0 Å². The van der Waals surface area contributed by atoms with Gasteiger partial charge in [0.1, 0.15) is 0 Å². The average molecular weight is 247 g/mol. The molecule has 4 aliphatic rings. The Morgan fingerprint density at radius 1 is 0.944 bits per heavy atom. The third-order valence-corrected chi connectivity index (χ3v) is 5.52. The smallest absolute Gasteiger partial charge is 0.230 e. The van der Waals surface area contributed by atoms with Crippen LogP contribution in [0.3, 0.4) is 0 Å². The van der Waals surface area contributed by atoms with Crippen molar-refractivity contribution in [2.75, 3.05) is 0 Å². The Labute approximate surface area is 107 Å². The first kappa shape index (κ1) is 11.0. The Morgan fingerprint density at radius 2 is 1.56 bits per heavy atom. The minimum Gasteiger partial charge on any atom is -0.424 e. The van der Waals surface area contributed by atoms with Gasteiger partial charge in [-0.3, -0.25) is 0 Å². The molecule has 4 bridgehead atoms. The summed E-state index contributed by atoms with van der Waals surface area (Å²) in [6.07, 6.45) is 8.32. The summed E-state index contributed by atoms with van der Waals surface area (Å²) >= 11 is 0. The van der Waals surface area contributed by atoms with Crippen LogP contribution in [-0.2, 0) is 13.0 Å². The van der Waals surface area contributed by atoms with Crippen LogP contribution in [0.1, 0.15) is 43.9 Å². The Kier molecular flexibility index (Phi) is 2.47. The van der Waals surface area contributed by atoms with Gasteiger partial charge < -0.3 is 10.2 Å². The lowest BCUT2D eigenvalue weighted by Crippen LogP contribution is -2.45. The monoisotopic (exact) mass is 247 g/mol. The number of nitrogens with two attached hydrogens (primary N) is 1. The molecule has 5 rings (SSSR count). The molecule has 0 atom stereocenters. The summed E-state index contributed by atoms with van der Waals surface area (Å²) in [4.78, 5) is 0. The Bertz CT molecular complexity index is 414. The number of hydrogen-bond donors (Lipinski definition) is 1. The maximum Gasteiger partial charge on any atom is 0.230 e. The lowest BCUT2D eigenvalue weighted by atomic mass is 9.51. The molecular formula is C14H21N3O. The van der Waals surface area contributed by atoms with Crippen molar-refractivity contribution >= 4 is 0 Å². The first-order chi connectivity index (χ1) is 8.81. The molecule has 4 saturated carbocycles. The zero-order valence-corrected chi connectivity index (χ0v) is 10.7. The molecule has 0 aliphatic heterocycles. The van der Waals surface area contributed by atoms with Crippen LogP contribution in [-0.4, -0.2) is 10.2 Å². The van der Waals surface area contributed by atoms with Crippen LogP contribution >= 0.6 is 0 Å². The van der Waals surface area contributed by atoms with E-state index in [0.29, 0.717) is 12.4 Å². The summed E-state index contributed by atoms with van der Waals surface area (Å²) in [5, 5.41) is 8.12. The predicted octanol–water partition coefficient (Wildman–Crippen LogP) is 2.14. The van der Waals surface area contributed by atoms with E-state index in [4.69, 9.17) is 10.2 Å². The molecule has 1 aromatic rings. The topological polar surface area (TPSA) is 64.9 Å². The lowest BCUT2D eigenvalue weighted by Gasteiger charge is -2.54. The molecule has 1 aromatic heterocycles. The van der Waals surface area contributed by atoms with Crippen LogP contribution in [0.5, 0.6) is 0 Å². The molecule has 4 heteroatoms. The second-order valence-electron chi connectivity index (χ2n) is 6.59. The fourth-order valence-corrected chi connectivity index (χ4v) is 5.03. The second-order valence-corrected chi connectivity index (χ2v) is 6.59. The van der Waals surface area contributed by atoms with Gasteiger partial charge in [0, 0.05) is 6.42 Å². The molecule has 0 aromatic carbocycles. The summed E-state index contributed by atoms with van der Waals surface area (Å²) in [6, 6.07) is 0. The van der Waals surface area contributed by atoms with Gasteiger partial charge in [-0.05, 0) is 61.7 Å². The molecule has 4 aliphatic carbocycles. The quantitative estimate of drug-likeness (QED) is 0.888. The third-order valence-electron chi connectivity index (χ3n) is 5.52. The molecule has 0 saturated heterocycles. The molecule has 18 heavy (non-hydrogen) atoms. The number of hydrogen-bond acceptors (Lipinski definition) is 4. The van der Waals surface area contributed by atoms with Crippen LogP contribution in [0.4, 0.5) is 0 Å². The van der Waals surface area contributed by atoms with Crippen molar-refractivity contribution < 1.29 is 4.42 Å². The largest absolute Gasteiger partial charge is 0.424 e. The maximum absolute atomic E-state index is 5.59. The molecule has 4 fully saturated rings. The normalized spacial score (nSPS) is 41.5. The van der Waals surface area contributed by atoms with Crippen molar-refractivity contribution in [2.24, 2.45) is 35.3 Å². The van der Waals surface area contributed by atoms with E-state index in [2.05, 4.69) is 10.2 Å². The summed E-state index contributed by atoms with van der Waals surface area (Å²) < 4.78 is 5.59. The lowest BCUT2D eigenvalue weighted by molar-refractivity contribution is -0.0382. The maximum atomic E-state index is 5.59. The van der Waals surface area contributed by atoms with E-state index in [1.54, 1.807) is 0 Å². The van der Waals surface area contributed by atoms with Gasteiger partial charge in [-0.15, -0.1) is 10.2 Å². The highest BCUT2D eigenvalue weighted by Crippen LogP contribution is 2.57. The van der Waals surface area contributed by atoms with Crippen molar-refractivity contribution in [2.45, 2.75) is 45.1 Å². The van der Waals surface area contributed by atoms with Gasteiger partial charge in [-0.2, -0.15) is 0 Å². The molecule has 4 nitrogen and oxygen atoms in total. The summed E-state index contributed by atoms with van der Waals surface area (Å²) in [7, 11) is 0. The number of aromatic nitrogens is 2. The molecule has 0 spiro atoms. The van der Waals surface area contributed by atoms with Gasteiger partial charge >= 0.3 is 0 Å². The van der Waals surface area contributed by atoms with Gasteiger partial charge in [0.05, 0.1) is 6.54 Å². The van der Waals surface area contributed by atoms with Crippen LogP contribution in [0.25, 0.3) is 0 Å². The predicted molar refractivity (Wildman–Crippen MR) is 66.4 cm³/mol. The fraction of sp³-hybridized carbons (Fsp3) is 0.857. The fourth-order valence-electron chi connectivity index (χ4n) is 5.03. The first-order valence-electron chi connectivity index (χ1n) is 7.33. The van der Waals surface area contributed by atoms with E-state index in [0.717, 1.165) is 41.9 Å². The van der Waals surface area contributed by atoms with Crippen molar-refractivity contribution in [3.63, 3.8) is 0 Å². The van der Waals surface area contributed by atoms with E-state index >= 15 is 0 Å². The Balaban J connectivity index is 1.51. The third kappa shape index (κ3) is 1.69. The van der Waals surface area contributed by atoms with Crippen LogP contribution in [0.15, 0.2) is 4.42 Å². The van der Waals surface area contributed by atoms with Crippen molar-refractivity contribution in [1.82, 2.24) is 10.2 Å².